The number of nitrogens with one attached hydrogen (secondary N) is 1. The Balaban J connectivity index is 1.28. The van der Waals surface area contributed by atoms with E-state index in [0.717, 1.165) is 39.3 Å². The number of imidazole rings is 1. The Morgan fingerprint density at radius 2 is 2.00 bits per heavy atom. The third-order valence-corrected chi connectivity index (χ3v) is 6.76. The second-order valence-corrected chi connectivity index (χ2v) is 9.39. The Morgan fingerprint density at radius 3 is 2.78 bits per heavy atom. The molecule has 13 heteroatoms. The van der Waals surface area contributed by atoms with E-state index in [1.165, 1.54) is 29.5 Å². The van der Waals surface area contributed by atoms with Crippen molar-refractivity contribution in [3.63, 3.8) is 0 Å². The predicted molar refractivity (Wildman–Crippen MR) is 129 cm³/mol. The number of benzene rings is 1. The highest BCUT2D eigenvalue weighted by atomic mass is 32.1. The van der Waals surface area contributed by atoms with Gasteiger partial charge in [-0.1, -0.05) is 11.3 Å². The molecule has 0 unspecified atom stereocenters. The molecule has 36 heavy (non-hydrogen) atoms. The molecule has 190 valence electrons. The third-order valence-electron chi connectivity index (χ3n) is 5.83. The number of hydrogen-bond donors (Lipinski definition) is 1. The Bertz CT molecular complexity index is 1400. The monoisotopic (exact) mass is 520 g/mol. The van der Waals surface area contributed by atoms with Crippen LogP contribution in [-0.4, -0.2) is 69.4 Å². The normalized spacial score (nSPS) is 15.0. The van der Waals surface area contributed by atoms with Crippen LogP contribution in [0.2, 0.25) is 0 Å². The summed E-state index contributed by atoms with van der Waals surface area (Å²) < 4.78 is 49.1. The van der Waals surface area contributed by atoms with Gasteiger partial charge in [0.1, 0.15) is 11.3 Å². The van der Waals surface area contributed by atoms with E-state index in [0.29, 0.717) is 44.4 Å². The summed E-state index contributed by atoms with van der Waals surface area (Å²) in [5, 5.41) is 3.54. The van der Waals surface area contributed by atoms with Gasteiger partial charge in [0.2, 0.25) is 5.95 Å². The summed E-state index contributed by atoms with van der Waals surface area (Å²) in [7, 11) is 1.77. The first-order chi connectivity index (χ1) is 17.2. The molecule has 4 heterocycles. The quantitative estimate of drug-likeness (QED) is 0.339. The minimum Gasteiger partial charge on any atom is -0.406 e. The number of halogens is 3. The van der Waals surface area contributed by atoms with Crippen molar-refractivity contribution in [2.45, 2.75) is 19.2 Å². The average molecular weight is 521 g/mol. The first kappa shape index (κ1) is 24.4. The molecule has 1 aliphatic heterocycles. The second-order valence-electron chi connectivity index (χ2n) is 8.36. The smallest absolute Gasteiger partial charge is 0.406 e. The predicted octanol–water partition coefficient (Wildman–Crippen LogP) is 4.52. The molecule has 4 aromatic rings. The highest BCUT2D eigenvalue weighted by Gasteiger charge is 2.31. The highest BCUT2D eigenvalue weighted by molar-refractivity contribution is 7.22. The molecule has 1 aliphatic rings. The molecule has 0 amide bonds. The molecule has 0 aliphatic carbocycles. The maximum absolute atomic E-state index is 12.7. The Kier molecular flexibility index (Phi) is 6.77. The molecule has 0 bridgehead atoms. The van der Waals surface area contributed by atoms with E-state index in [-0.39, 0.29) is 11.5 Å². The van der Waals surface area contributed by atoms with Gasteiger partial charge in [-0.3, -0.25) is 14.3 Å². The molecule has 0 saturated carbocycles. The summed E-state index contributed by atoms with van der Waals surface area (Å²) in [4.78, 5) is 28.4. The minimum absolute atomic E-state index is 0.0147. The van der Waals surface area contributed by atoms with Crippen LogP contribution in [0, 0.1) is 0 Å². The fraction of sp³-hybridized carbons (Fsp3) is 0.391. The zero-order chi connectivity index (χ0) is 25.3. The number of rotatable bonds is 8. The van der Waals surface area contributed by atoms with Crippen LogP contribution in [0.1, 0.15) is 23.2 Å². The second kappa shape index (κ2) is 9.99. The number of thiazole rings is 1. The van der Waals surface area contributed by atoms with Crippen LogP contribution in [0.5, 0.6) is 5.75 Å². The number of aromatic nitrogens is 4. The number of ether oxygens (including phenoxy) is 2. The van der Waals surface area contributed by atoms with Gasteiger partial charge in [-0.2, -0.15) is 0 Å². The number of carbonyl (C=O) groups is 1. The number of morpholine rings is 1. The SMILES string of the molecule is Cn1c(Nc2nc3ccc(OC(F)(F)F)cc3s2)nc2cc(C(=O)CCCN3CCOCC3)cnc21. The first-order valence-electron chi connectivity index (χ1n) is 11.3. The van der Waals surface area contributed by atoms with Crippen molar-refractivity contribution in [3.05, 3.63) is 36.0 Å². The van der Waals surface area contributed by atoms with E-state index >= 15 is 0 Å². The van der Waals surface area contributed by atoms with Gasteiger partial charge in [0.15, 0.2) is 16.6 Å². The largest absolute Gasteiger partial charge is 0.573 e. The first-order valence-corrected chi connectivity index (χ1v) is 12.2. The molecule has 0 atom stereocenters. The minimum atomic E-state index is -4.76. The topological polar surface area (TPSA) is 94.4 Å². The van der Waals surface area contributed by atoms with Crippen molar-refractivity contribution in [1.29, 1.82) is 0 Å². The molecule has 1 N–H and O–H groups in total. The van der Waals surface area contributed by atoms with Crippen molar-refractivity contribution in [1.82, 2.24) is 24.4 Å². The number of nitrogens with zero attached hydrogens (tertiary/aromatic N) is 5. The van der Waals surface area contributed by atoms with Crippen LogP contribution in [0.4, 0.5) is 24.3 Å². The number of alkyl halides is 3. The zero-order valence-electron chi connectivity index (χ0n) is 19.3. The summed E-state index contributed by atoms with van der Waals surface area (Å²) in [6.07, 6.45) is -2.01. The molecule has 1 fully saturated rings. The third kappa shape index (κ3) is 5.58. The van der Waals surface area contributed by atoms with Gasteiger partial charge in [0.05, 0.1) is 23.4 Å². The Morgan fingerprint density at radius 1 is 1.19 bits per heavy atom. The number of ketones is 1. The molecule has 9 nitrogen and oxygen atoms in total. The number of pyridine rings is 1. The van der Waals surface area contributed by atoms with E-state index < -0.39 is 6.36 Å². The molecular formula is C23H23F3N6O3S. The lowest BCUT2D eigenvalue weighted by Crippen LogP contribution is -2.36. The zero-order valence-corrected chi connectivity index (χ0v) is 20.2. The molecule has 0 spiro atoms. The van der Waals surface area contributed by atoms with Crippen LogP contribution in [0.3, 0.4) is 0 Å². The maximum Gasteiger partial charge on any atom is 0.573 e. The fourth-order valence-corrected chi connectivity index (χ4v) is 4.91. The van der Waals surface area contributed by atoms with Crippen LogP contribution >= 0.6 is 11.3 Å². The van der Waals surface area contributed by atoms with Crippen molar-refractivity contribution in [2.24, 2.45) is 7.05 Å². The molecular weight excluding hydrogens is 497 g/mol. The summed E-state index contributed by atoms with van der Waals surface area (Å²) >= 11 is 1.17. The van der Waals surface area contributed by atoms with Crippen LogP contribution < -0.4 is 10.1 Å². The molecule has 1 saturated heterocycles. The Hall–Kier alpha value is -3.29. The number of fused-ring (bicyclic) bond motifs is 2. The fourth-order valence-electron chi connectivity index (χ4n) is 4.02. The summed E-state index contributed by atoms with van der Waals surface area (Å²) in [6.45, 7) is 4.10. The van der Waals surface area contributed by atoms with Gasteiger partial charge < -0.3 is 14.8 Å². The van der Waals surface area contributed by atoms with Crippen molar-refractivity contribution >= 4 is 49.6 Å². The average Bonchev–Trinajstić information content (AvgIpc) is 3.38. The molecule has 3 aromatic heterocycles. The highest BCUT2D eigenvalue weighted by Crippen LogP contribution is 2.33. The van der Waals surface area contributed by atoms with E-state index in [9.17, 15) is 18.0 Å². The lowest BCUT2D eigenvalue weighted by atomic mass is 10.1. The van der Waals surface area contributed by atoms with Gasteiger partial charge >= 0.3 is 6.36 Å². The van der Waals surface area contributed by atoms with Gasteiger partial charge in [-0.25, -0.2) is 15.0 Å². The van der Waals surface area contributed by atoms with Crippen molar-refractivity contribution in [2.75, 3.05) is 38.2 Å². The number of hydrogen-bond acceptors (Lipinski definition) is 9. The lowest BCUT2D eigenvalue weighted by Gasteiger charge is -2.26. The molecule has 0 radical (unpaired) electrons. The summed E-state index contributed by atoms with van der Waals surface area (Å²) in [5.41, 5.74) is 2.18. The van der Waals surface area contributed by atoms with Crippen molar-refractivity contribution < 1.29 is 27.4 Å². The van der Waals surface area contributed by atoms with Gasteiger partial charge in [0.25, 0.3) is 0 Å². The Labute approximate surface area is 207 Å². The maximum atomic E-state index is 12.7. The molecule has 1 aromatic carbocycles. The molecule has 5 rings (SSSR count). The lowest BCUT2D eigenvalue weighted by molar-refractivity contribution is -0.274. The van der Waals surface area contributed by atoms with E-state index in [4.69, 9.17) is 4.74 Å². The summed E-state index contributed by atoms with van der Waals surface area (Å²) in [6, 6.07) is 5.70. The number of Topliss-reactive ketones (excluding diaryl/α,β-unsaturated/α-hetero) is 1. The number of aryl methyl sites for hydroxylation is 1. The standard InChI is InChI=1S/C23H23F3N6O3S/c1-31-20-17(11-14(13-27-20)18(33)3-2-6-32-7-9-34-10-8-32)28-21(31)30-22-29-16-5-4-15(12-19(16)36-22)35-23(24,25)26/h4-5,11-13H,2-3,6-10H2,1H3,(H,28,29,30). The number of carbonyl (C=O) groups excluding carboxylic acids is 1. The van der Waals surface area contributed by atoms with E-state index in [1.54, 1.807) is 23.9 Å². The van der Waals surface area contributed by atoms with Gasteiger partial charge in [-0.15, -0.1) is 13.2 Å². The van der Waals surface area contributed by atoms with Crippen LogP contribution in [0.15, 0.2) is 30.5 Å². The summed E-state index contributed by atoms with van der Waals surface area (Å²) in [5.74, 6) is 0.153. The van der Waals surface area contributed by atoms with Crippen LogP contribution in [-0.2, 0) is 11.8 Å². The van der Waals surface area contributed by atoms with Crippen LogP contribution in [0.25, 0.3) is 21.4 Å². The van der Waals surface area contributed by atoms with Gasteiger partial charge in [0, 0.05) is 44.4 Å². The number of anilines is 2. The van der Waals surface area contributed by atoms with E-state index in [2.05, 4.69) is 29.9 Å². The van der Waals surface area contributed by atoms with Gasteiger partial charge in [-0.05, 0) is 31.2 Å². The van der Waals surface area contributed by atoms with E-state index in [1.807, 2.05) is 0 Å². The van der Waals surface area contributed by atoms with Crippen molar-refractivity contribution in [3.8, 4) is 5.75 Å².